The zero-order valence-electron chi connectivity index (χ0n) is 9.77. The van der Waals surface area contributed by atoms with Crippen LogP contribution in [0.25, 0.3) is 6.08 Å². The smallest absolute Gasteiger partial charge is 0.320 e. The van der Waals surface area contributed by atoms with Crippen molar-refractivity contribution >= 4 is 15.4 Å². The van der Waals surface area contributed by atoms with Crippen molar-refractivity contribution in [2.75, 3.05) is 14.2 Å². The number of rotatable bonds is 4. The van der Waals surface area contributed by atoms with Gasteiger partial charge in [0.15, 0.2) is 0 Å². The Morgan fingerprint density at radius 1 is 1.20 bits per heavy atom. The Morgan fingerprint density at radius 2 is 1.73 bits per heavy atom. The molecular weight excluding hydrogens is 204 g/mol. The first-order valence-corrected chi connectivity index (χ1v) is 6.77. The molecule has 0 spiro atoms. The summed E-state index contributed by atoms with van der Waals surface area (Å²) < 4.78 is 9.93. The molecule has 0 aromatic heterocycles. The zero-order valence-corrected chi connectivity index (χ0v) is 10.9. The fraction of sp³-hybridized carbons (Fsp3) is 0.333. The van der Waals surface area contributed by atoms with Crippen LogP contribution in [0.3, 0.4) is 0 Å². The molecule has 15 heavy (non-hydrogen) atoms. The molecule has 1 aromatic carbocycles. The summed E-state index contributed by atoms with van der Waals surface area (Å²) >= 11 is 0. The van der Waals surface area contributed by atoms with Crippen LogP contribution in [0.2, 0.25) is 6.04 Å². The summed E-state index contributed by atoms with van der Waals surface area (Å²) in [4.78, 5) is 0. The van der Waals surface area contributed by atoms with Crippen LogP contribution in [-0.4, -0.2) is 23.5 Å². The van der Waals surface area contributed by atoms with E-state index in [9.17, 15) is 0 Å². The van der Waals surface area contributed by atoms with Gasteiger partial charge < -0.3 is 8.85 Å². The van der Waals surface area contributed by atoms with E-state index >= 15 is 0 Å². The quantitative estimate of drug-likeness (QED) is 0.732. The van der Waals surface area contributed by atoms with E-state index in [0.29, 0.717) is 0 Å². The van der Waals surface area contributed by atoms with E-state index in [1.807, 2.05) is 36.4 Å². The largest absolute Gasteiger partial charge is 0.400 e. The summed E-state index contributed by atoms with van der Waals surface area (Å²) in [5.74, 6) is 0. The third-order valence-corrected chi connectivity index (χ3v) is 3.61. The van der Waals surface area contributed by atoms with E-state index < -0.39 is 9.28 Å². The molecule has 3 heteroatoms. The second-order valence-electron chi connectivity index (χ2n) is 2.92. The van der Waals surface area contributed by atoms with Gasteiger partial charge in [-0.05, 0) is 11.6 Å². The minimum atomic E-state index is -1.17. The molecule has 0 saturated carbocycles. The average Bonchev–Trinajstić information content (AvgIpc) is 2.33. The van der Waals surface area contributed by atoms with E-state index in [1.54, 1.807) is 14.2 Å². The van der Waals surface area contributed by atoms with Gasteiger partial charge in [-0.25, -0.2) is 0 Å². The van der Waals surface area contributed by atoms with Crippen molar-refractivity contribution in [3.8, 4) is 0 Å². The molecule has 0 atom stereocenters. The van der Waals surface area contributed by atoms with Crippen molar-refractivity contribution in [1.29, 1.82) is 0 Å². The third-order valence-electron chi connectivity index (χ3n) is 1.89. The van der Waals surface area contributed by atoms with Gasteiger partial charge in [-0.15, -0.1) is 0 Å². The van der Waals surface area contributed by atoms with E-state index in [-0.39, 0.29) is 0 Å². The van der Waals surface area contributed by atoms with E-state index in [2.05, 4.69) is 13.5 Å². The highest BCUT2D eigenvalue weighted by atomic mass is 28.3. The monoisotopic (exact) mass is 224 g/mol. The molecule has 0 heterocycles. The van der Waals surface area contributed by atoms with Gasteiger partial charge in [-0.2, -0.15) is 0 Å². The first-order valence-electron chi connectivity index (χ1n) is 5.01. The topological polar surface area (TPSA) is 18.5 Å². The van der Waals surface area contributed by atoms with Crippen LogP contribution in [0.1, 0.15) is 12.5 Å². The van der Waals surface area contributed by atoms with Crippen LogP contribution in [0.5, 0.6) is 0 Å². The molecule has 0 unspecified atom stereocenters. The van der Waals surface area contributed by atoms with E-state index in [4.69, 9.17) is 8.85 Å². The van der Waals surface area contributed by atoms with Gasteiger partial charge in [0, 0.05) is 14.2 Å². The first-order chi connectivity index (χ1) is 7.28. The molecule has 0 amide bonds. The Bertz CT molecular complexity index is 240. The van der Waals surface area contributed by atoms with Crippen molar-refractivity contribution < 1.29 is 8.85 Å². The standard InChI is InChI=1S/C8H8.C4H12O2Si/c1-2-8-6-4-3-5-7-8;1-4-7(5-2)6-3/h2-7H,1H2;7H,4H2,1-3H3. The molecule has 0 N–H and O–H groups in total. The van der Waals surface area contributed by atoms with Crippen LogP contribution in [-0.2, 0) is 8.85 Å². The highest BCUT2D eigenvalue weighted by molar-refractivity contribution is 6.44. The number of hydrogen-bond acceptors (Lipinski definition) is 2. The minimum Gasteiger partial charge on any atom is -0.400 e. The Hall–Kier alpha value is -0.903. The lowest BCUT2D eigenvalue weighted by atomic mass is 10.2. The van der Waals surface area contributed by atoms with Crippen molar-refractivity contribution in [1.82, 2.24) is 0 Å². The Labute approximate surface area is 94.4 Å². The third kappa shape index (κ3) is 7.08. The van der Waals surface area contributed by atoms with E-state index in [0.717, 1.165) is 6.04 Å². The molecule has 1 aromatic rings. The molecule has 0 saturated heterocycles. The summed E-state index contributed by atoms with van der Waals surface area (Å²) in [6.07, 6.45) is 1.83. The number of hydrogen-bond donors (Lipinski definition) is 0. The van der Waals surface area contributed by atoms with Gasteiger partial charge in [0.2, 0.25) is 0 Å². The van der Waals surface area contributed by atoms with Crippen LogP contribution in [0.15, 0.2) is 36.9 Å². The average molecular weight is 224 g/mol. The van der Waals surface area contributed by atoms with Gasteiger partial charge in [0.05, 0.1) is 0 Å². The van der Waals surface area contributed by atoms with Gasteiger partial charge >= 0.3 is 9.28 Å². The summed E-state index contributed by atoms with van der Waals surface area (Å²) in [5.41, 5.74) is 1.17. The van der Waals surface area contributed by atoms with Gasteiger partial charge in [0.25, 0.3) is 0 Å². The van der Waals surface area contributed by atoms with Crippen LogP contribution >= 0.6 is 0 Å². The van der Waals surface area contributed by atoms with Crippen molar-refractivity contribution in [3.63, 3.8) is 0 Å². The fourth-order valence-corrected chi connectivity index (χ4v) is 1.88. The summed E-state index contributed by atoms with van der Waals surface area (Å²) in [5, 5.41) is 0. The summed E-state index contributed by atoms with van der Waals surface area (Å²) in [6.45, 7) is 5.70. The molecule has 0 radical (unpaired) electrons. The molecule has 84 valence electrons. The van der Waals surface area contributed by atoms with Crippen molar-refractivity contribution in [2.24, 2.45) is 0 Å². The predicted molar refractivity (Wildman–Crippen MR) is 68.2 cm³/mol. The molecule has 0 aliphatic carbocycles. The predicted octanol–water partition coefficient (Wildman–Crippen LogP) is 2.85. The van der Waals surface area contributed by atoms with Crippen LogP contribution < -0.4 is 0 Å². The summed E-state index contributed by atoms with van der Waals surface area (Å²) in [6, 6.07) is 11.1. The molecular formula is C12H20O2Si. The van der Waals surface area contributed by atoms with Gasteiger partial charge in [-0.1, -0.05) is 49.9 Å². The summed E-state index contributed by atoms with van der Waals surface area (Å²) in [7, 11) is 2.23. The minimum absolute atomic E-state index is 1.05. The molecule has 1 rings (SSSR count). The lowest BCUT2D eigenvalue weighted by molar-refractivity contribution is 0.279. The second kappa shape index (κ2) is 9.64. The van der Waals surface area contributed by atoms with Crippen LogP contribution in [0, 0.1) is 0 Å². The number of benzene rings is 1. The maximum absolute atomic E-state index is 4.97. The van der Waals surface area contributed by atoms with Crippen LogP contribution in [0.4, 0.5) is 0 Å². The molecule has 0 bridgehead atoms. The maximum atomic E-state index is 4.97. The van der Waals surface area contributed by atoms with Gasteiger partial charge in [-0.3, -0.25) is 0 Å². The normalized spacial score (nSPS) is 9.33. The molecule has 0 aliphatic rings. The first kappa shape index (κ1) is 14.1. The van der Waals surface area contributed by atoms with Crippen molar-refractivity contribution in [2.45, 2.75) is 13.0 Å². The lowest BCUT2D eigenvalue weighted by Crippen LogP contribution is -2.16. The molecule has 0 fully saturated rings. The van der Waals surface area contributed by atoms with Crippen molar-refractivity contribution in [3.05, 3.63) is 42.5 Å². The van der Waals surface area contributed by atoms with Gasteiger partial charge in [0.1, 0.15) is 0 Å². The zero-order chi connectivity index (χ0) is 11.5. The fourth-order valence-electron chi connectivity index (χ4n) is 1.02. The molecule has 0 aliphatic heterocycles. The second-order valence-corrected chi connectivity index (χ2v) is 5.54. The highest BCUT2D eigenvalue weighted by Crippen LogP contribution is 1.97. The maximum Gasteiger partial charge on any atom is 0.320 e. The molecule has 2 nitrogen and oxygen atoms in total. The Balaban J connectivity index is 0.000000265. The Morgan fingerprint density at radius 3 is 1.93 bits per heavy atom. The Kier molecular flexibility index (Phi) is 9.06. The van der Waals surface area contributed by atoms with E-state index in [1.165, 1.54) is 5.56 Å². The highest BCUT2D eigenvalue weighted by Gasteiger charge is 2.02. The lowest BCUT2D eigenvalue weighted by Gasteiger charge is -2.05. The SMILES string of the molecule is C=Cc1ccccc1.CC[SiH](OC)OC.